The molecule has 2 heterocycles. The molecule has 16 heavy (non-hydrogen) atoms. The summed E-state index contributed by atoms with van der Waals surface area (Å²) in [6.07, 6.45) is 1.60. The van der Waals surface area contributed by atoms with E-state index in [0.29, 0.717) is 18.2 Å². The van der Waals surface area contributed by atoms with Crippen LogP contribution in [0.25, 0.3) is 0 Å². The molecule has 0 aliphatic carbocycles. The van der Waals surface area contributed by atoms with E-state index in [9.17, 15) is 0 Å². The first kappa shape index (κ1) is 12.7. The molecule has 0 radical (unpaired) electrons. The Labute approximate surface area is 103 Å². The van der Waals surface area contributed by atoms with Crippen LogP contribution in [-0.4, -0.2) is 60.8 Å². The summed E-state index contributed by atoms with van der Waals surface area (Å²) >= 11 is 2.11. The van der Waals surface area contributed by atoms with Gasteiger partial charge in [-0.3, -0.25) is 4.90 Å². The molecule has 0 aromatic rings. The first-order valence-corrected chi connectivity index (χ1v) is 7.37. The normalized spacial score (nSPS) is 41.4. The highest BCUT2D eigenvalue weighted by Gasteiger charge is 2.30. The lowest BCUT2D eigenvalue weighted by molar-refractivity contribution is 0.114. The van der Waals surface area contributed by atoms with E-state index >= 15 is 0 Å². The number of thioether (sulfide) groups is 1. The Hall–Kier alpha value is 0.230. The Kier molecular flexibility index (Phi) is 4.53. The number of methoxy groups -OCH3 is 1. The second kappa shape index (κ2) is 5.71. The third-order valence-electron chi connectivity index (χ3n) is 3.98. The van der Waals surface area contributed by atoms with Crippen molar-refractivity contribution >= 4 is 11.8 Å². The highest BCUT2D eigenvalue weighted by molar-refractivity contribution is 8.00. The van der Waals surface area contributed by atoms with Crippen LogP contribution >= 0.6 is 11.8 Å². The van der Waals surface area contributed by atoms with Crippen molar-refractivity contribution in [2.75, 3.05) is 32.5 Å². The summed E-state index contributed by atoms with van der Waals surface area (Å²) < 4.78 is 5.39. The van der Waals surface area contributed by atoms with Crippen molar-refractivity contribution in [1.29, 1.82) is 0 Å². The molecule has 94 valence electrons. The molecule has 4 heteroatoms. The molecule has 3 nitrogen and oxygen atoms in total. The van der Waals surface area contributed by atoms with Gasteiger partial charge in [-0.05, 0) is 13.3 Å². The molecule has 4 unspecified atom stereocenters. The molecule has 0 aromatic heterocycles. The second-order valence-electron chi connectivity index (χ2n) is 5.01. The van der Waals surface area contributed by atoms with Gasteiger partial charge in [0.1, 0.15) is 0 Å². The molecular formula is C12H24N2OS. The van der Waals surface area contributed by atoms with Crippen LogP contribution in [0.1, 0.15) is 20.3 Å². The van der Waals surface area contributed by atoms with Gasteiger partial charge in [0, 0.05) is 49.8 Å². The minimum Gasteiger partial charge on any atom is -0.380 e. The first-order chi connectivity index (χ1) is 7.70. The molecule has 0 saturated carbocycles. The highest BCUT2D eigenvalue weighted by Crippen LogP contribution is 2.25. The lowest BCUT2D eigenvalue weighted by Gasteiger charge is -2.38. The highest BCUT2D eigenvalue weighted by atomic mass is 32.2. The Morgan fingerprint density at radius 2 is 2.25 bits per heavy atom. The number of hydrogen-bond acceptors (Lipinski definition) is 4. The summed E-state index contributed by atoms with van der Waals surface area (Å²) in [5.41, 5.74) is 0. The SMILES string of the molecule is COC1CNC(CN2CCSC(C)C2C)C1. The van der Waals surface area contributed by atoms with Crippen LogP contribution in [0.4, 0.5) is 0 Å². The van der Waals surface area contributed by atoms with Crippen LogP contribution in [-0.2, 0) is 4.74 Å². The van der Waals surface area contributed by atoms with Gasteiger partial charge < -0.3 is 10.1 Å². The van der Waals surface area contributed by atoms with Crippen LogP contribution < -0.4 is 5.32 Å². The standard InChI is InChI=1S/C12H24N2OS/c1-9-10(2)16-5-4-14(9)8-11-6-12(15-3)7-13-11/h9-13H,4-8H2,1-3H3. The molecular weight excluding hydrogens is 220 g/mol. The zero-order valence-electron chi connectivity index (χ0n) is 10.6. The Morgan fingerprint density at radius 3 is 2.94 bits per heavy atom. The lowest BCUT2D eigenvalue weighted by Crippen LogP contribution is -2.49. The van der Waals surface area contributed by atoms with Crippen LogP contribution in [0.3, 0.4) is 0 Å². The summed E-state index contributed by atoms with van der Waals surface area (Å²) in [6.45, 7) is 8.16. The minimum atomic E-state index is 0.428. The van der Waals surface area contributed by atoms with E-state index in [0.717, 1.165) is 11.8 Å². The minimum absolute atomic E-state index is 0.428. The maximum Gasteiger partial charge on any atom is 0.0711 e. The lowest BCUT2D eigenvalue weighted by atomic mass is 10.1. The predicted molar refractivity (Wildman–Crippen MR) is 70.2 cm³/mol. The second-order valence-corrected chi connectivity index (χ2v) is 6.50. The van der Waals surface area contributed by atoms with Gasteiger partial charge in [-0.15, -0.1) is 0 Å². The van der Waals surface area contributed by atoms with Gasteiger partial charge in [0.25, 0.3) is 0 Å². The van der Waals surface area contributed by atoms with Crippen molar-refractivity contribution in [3.8, 4) is 0 Å². The maximum atomic E-state index is 5.39. The summed E-state index contributed by atoms with van der Waals surface area (Å²) in [4.78, 5) is 2.64. The average molecular weight is 244 g/mol. The van der Waals surface area contributed by atoms with Gasteiger partial charge in [0.15, 0.2) is 0 Å². The molecule has 2 aliphatic heterocycles. The molecule has 2 aliphatic rings. The number of nitrogens with zero attached hydrogens (tertiary/aromatic N) is 1. The predicted octanol–water partition coefficient (Wildman–Crippen LogP) is 1.19. The maximum absolute atomic E-state index is 5.39. The summed E-state index contributed by atoms with van der Waals surface area (Å²) in [6, 6.07) is 1.34. The molecule has 0 aromatic carbocycles. The van der Waals surface area contributed by atoms with Crippen LogP contribution in [0.15, 0.2) is 0 Å². The molecule has 2 rings (SSSR count). The van der Waals surface area contributed by atoms with E-state index in [2.05, 4.69) is 35.8 Å². The van der Waals surface area contributed by atoms with Gasteiger partial charge in [-0.25, -0.2) is 0 Å². The van der Waals surface area contributed by atoms with E-state index in [4.69, 9.17) is 4.74 Å². The van der Waals surface area contributed by atoms with E-state index < -0.39 is 0 Å². The topological polar surface area (TPSA) is 24.5 Å². The van der Waals surface area contributed by atoms with Gasteiger partial charge in [0.05, 0.1) is 6.10 Å². The van der Waals surface area contributed by atoms with E-state index in [1.807, 2.05) is 7.11 Å². The third-order valence-corrected chi connectivity index (χ3v) is 5.32. The number of hydrogen-bond donors (Lipinski definition) is 1. The van der Waals surface area contributed by atoms with Crippen LogP contribution in [0.5, 0.6) is 0 Å². The average Bonchev–Trinajstić information content (AvgIpc) is 2.73. The summed E-state index contributed by atoms with van der Waals surface area (Å²) in [5, 5.41) is 4.34. The molecule has 2 fully saturated rings. The largest absolute Gasteiger partial charge is 0.380 e. The fourth-order valence-corrected chi connectivity index (χ4v) is 3.80. The summed E-state index contributed by atoms with van der Waals surface area (Å²) in [7, 11) is 1.82. The van der Waals surface area contributed by atoms with Crippen molar-refractivity contribution in [1.82, 2.24) is 10.2 Å². The Bertz CT molecular complexity index is 227. The van der Waals surface area contributed by atoms with E-state index in [-0.39, 0.29) is 0 Å². The number of nitrogens with one attached hydrogen (secondary N) is 1. The fraction of sp³-hybridized carbons (Fsp3) is 1.00. The van der Waals surface area contributed by atoms with Gasteiger partial charge >= 0.3 is 0 Å². The molecule has 0 bridgehead atoms. The van der Waals surface area contributed by atoms with Crippen molar-refractivity contribution in [3.05, 3.63) is 0 Å². The third kappa shape index (κ3) is 2.92. The zero-order valence-corrected chi connectivity index (χ0v) is 11.4. The molecule has 2 saturated heterocycles. The number of rotatable bonds is 3. The smallest absolute Gasteiger partial charge is 0.0711 e. The van der Waals surface area contributed by atoms with Crippen molar-refractivity contribution in [2.24, 2.45) is 0 Å². The molecule has 1 N–H and O–H groups in total. The Balaban J connectivity index is 1.80. The van der Waals surface area contributed by atoms with E-state index in [1.165, 1.54) is 25.3 Å². The van der Waals surface area contributed by atoms with Gasteiger partial charge in [-0.1, -0.05) is 6.92 Å². The quantitative estimate of drug-likeness (QED) is 0.806. The Morgan fingerprint density at radius 1 is 1.44 bits per heavy atom. The summed E-state index contributed by atoms with van der Waals surface area (Å²) in [5.74, 6) is 1.28. The number of ether oxygens (including phenoxy) is 1. The van der Waals surface area contributed by atoms with Gasteiger partial charge in [-0.2, -0.15) is 11.8 Å². The molecule has 0 spiro atoms. The first-order valence-electron chi connectivity index (χ1n) is 6.32. The van der Waals surface area contributed by atoms with Crippen LogP contribution in [0, 0.1) is 0 Å². The van der Waals surface area contributed by atoms with E-state index in [1.54, 1.807) is 0 Å². The molecule has 4 atom stereocenters. The van der Waals surface area contributed by atoms with Crippen molar-refractivity contribution < 1.29 is 4.74 Å². The van der Waals surface area contributed by atoms with Gasteiger partial charge in [0.2, 0.25) is 0 Å². The monoisotopic (exact) mass is 244 g/mol. The molecule has 0 amide bonds. The zero-order chi connectivity index (χ0) is 11.5. The fourth-order valence-electron chi connectivity index (χ4n) is 2.64. The van der Waals surface area contributed by atoms with Crippen LogP contribution in [0.2, 0.25) is 0 Å². The van der Waals surface area contributed by atoms with Crippen molar-refractivity contribution in [2.45, 2.75) is 43.7 Å². The van der Waals surface area contributed by atoms with Crippen molar-refractivity contribution in [3.63, 3.8) is 0 Å².